The lowest BCUT2D eigenvalue weighted by atomic mass is 10.2. The van der Waals surface area contributed by atoms with Gasteiger partial charge in [0.2, 0.25) is 5.91 Å². The summed E-state index contributed by atoms with van der Waals surface area (Å²) in [6, 6.07) is -0.804. The second kappa shape index (κ2) is 4.22. The molecular formula is C6H14N4O3S. The van der Waals surface area contributed by atoms with Crippen LogP contribution < -0.4 is 15.8 Å². The maximum absolute atomic E-state index is 11.4. The number of carbonyl (C=O) groups is 1. The predicted octanol–water partition coefficient (Wildman–Crippen LogP) is -2.79. The van der Waals surface area contributed by atoms with Gasteiger partial charge in [0.1, 0.15) is 6.04 Å². The highest BCUT2D eigenvalue weighted by Crippen LogP contribution is 2.07. The molecule has 0 spiro atoms. The predicted molar refractivity (Wildman–Crippen MR) is 50.5 cm³/mol. The Labute approximate surface area is 82.8 Å². The molecule has 1 atom stereocenters. The van der Waals surface area contributed by atoms with Crippen molar-refractivity contribution >= 4 is 16.1 Å². The van der Waals surface area contributed by atoms with Crippen molar-refractivity contribution in [3.05, 3.63) is 0 Å². The lowest BCUT2D eigenvalue weighted by Gasteiger charge is -2.32. The van der Waals surface area contributed by atoms with Gasteiger partial charge in [0.15, 0.2) is 0 Å². The second-order valence-electron chi connectivity index (χ2n) is 2.94. The van der Waals surface area contributed by atoms with Crippen molar-refractivity contribution in [3.8, 4) is 0 Å². The largest absolute Gasteiger partial charge is 0.368 e. The average molecular weight is 222 g/mol. The van der Waals surface area contributed by atoms with Crippen LogP contribution >= 0.6 is 0 Å². The van der Waals surface area contributed by atoms with E-state index in [4.69, 9.17) is 5.73 Å². The van der Waals surface area contributed by atoms with E-state index in [1.54, 1.807) is 0 Å². The van der Waals surface area contributed by atoms with Gasteiger partial charge in [0.25, 0.3) is 10.2 Å². The monoisotopic (exact) mass is 222 g/mol. The van der Waals surface area contributed by atoms with Crippen LogP contribution in [0.5, 0.6) is 0 Å². The zero-order chi connectivity index (χ0) is 10.8. The Morgan fingerprint density at radius 2 is 2.29 bits per heavy atom. The molecule has 1 amide bonds. The fourth-order valence-corrected chi connectivity index (χ4v) is 2.41. The van der Waals surface area contributed by atoms with Crippen molar-refractivity contribution in [1.29, 1.82) is 0 Å². The van der Waals surface area contributed by atoms with Crippen LogP contribution in [-0.4, -0.2) is 51.4 Å². The van der Waals surface area contributed by atoms with Crippen LogP contribution in [0.2, 0.25) is 0 Å². The van der Waals surface area contributed by atoms with E-state index < -0.39 is 22.2 Å². The highest BCUT2D eigenvalue weighted by atomic mass is 32.2. The number of carbonyl (C=O) groups excluding carboxylic acids is 1. The Hall–Kier alpha value is -0.700. The average Bonchev–Trinajstić information content (AvgIpc) is 2.18. The normalized spacial score (nSPS) is 24.8. The Kier molecular flexibility index (Phi) is 3.43. The Balaban J connectivity index is 2.88. The van der Waals surface area contributed by atoms with Crippen LogP contribution in [0.3, 0.4) is 0 Å². The van der Waals surface area contributed by atoms with E-state index >= 15 is 0 Å². The first-order chi connectivity index (χ1) is 6.49. The fraction of sp³-hybridized carbons (Fsp3) is 0.833. The third-order valence-electron chi connectivity index (χ3n) is 2.09. The summed E-state index contributed by atoms with van der Waals surface area (Å²) in [6.45, 7) is 1.03. The zero-order valence-electron chi connectivity index (χ0n) is 7.86. The summed E-state index contributed by atoms with van der Waals surface area (Å²) in [5.41, 5.74) is 5.10. The van der Waals surface area contributed by atoms with E-state index in [2.05, 4.69) is 10.0 Å². The van der Waals surface area contributed by atoms with E-state index in [1.165, 1.54) is 7.05 Å². The summed E-state index contributed by atoms with van der Waals surface area (Å²) in [5.74, 6) is -0.643. The van der Waals surface area contributed by atoms with Crippen molar-refractivity contribution < 1.29 is 13.2 Å². The number of primary amides is 1. The number of amides is 1. The molecule has 1 fully saturated rings. The molecule has 1 saturated heterocycles. The molecule has 1 unspecified atom stereocenters. The van der Waals surface area contributed by atoms with Crippen LogP contribution in [0.4, 0.5) is 0 Å². The molecule has 0 saturated carbocycles. The van der Waals surface area contributed by atoms with Crippen LogP contribution in [-0.2, 0) is 15.0 Å². The van der Waals surface area contributed by atoms with Gasteiger partial charge < -0.3 is 11.1 Å². The van der Waals surface area contributed by atoms with E-state index in [1.807, 2.05) is 0 Å². The van der Waals surface area contributed by atoms with Crippen LogP contribution in [0.1, 0.15) is 0 Å². The van der Waals surface area contributed by atoms with Crippen molar-refractivity contribution in [1.82, 2.24) is 14.3 Å². The molecule has 14 heavy (non-hydrogen) atoms. The fourth-order valence-electron chi connectivity index (χ4n) is 1.33. The van der Waals surface area contributed by atoms with Gasteiger partial charge in [-0.1, -0.05) is 0 Å². The SMILES string of the molecule is CNS(=O)(=O)N1CCNCC1C(N)=O. The molecule has 7 nitrogen and oxygen atoms in total. The number of nitrogens with two attached hydrogens (primary N) is 1. The summed E-state index contributed by atoms with van der Waals surface area (Å²) in [4.78, 5) is 11.0. The quantitative estimate of drug-likeness (QED) is 0.480. The zero-order valence-corrected chi connectivity index (χ0v) is 8.67. The Morgan fingerprint density at radius 1 is 1.64 bits per heavy atom. The van der Waals surface area contributed by atoms with Gasteiger partial charge >= 0.3 is 0 Å². The molecular weight excluding hydrogens is 208 g/mol. The van der Waals surface area contributed by atoms with Gasteiger partial charge in [-0.15, -0.1) is 0 Å². The molecule has 0 aromatic carbocycles. The number of hydrogen-bond acceptors (Lipinski definition) is 4. The first-order valence-electron chi connectivity index (χ1n) is 4.19. The van der Waals surface area contributed by atoms with E-state index in [-0.39, 0.29) is 13.1 Å². The summed E-state index contributed by atoms with van der Waals surface area (Å²) < 4.78 is 26.1. The van der Waals surface area contributed by atoms with E-state index in [9.17, 15) is 13.2 Å². The minimum atomic E-state index is -3.57. The highest BCUT2D eigenvalue weighted by Gasteiger charge is 2.34. The molecule has 1 heterocycles. The number of hydrogen-bond donors (Lipinski definition) is 3. The van der Waals surface area contributed by atoms with Gasteiger partial charge in [-0.25, -0.2) is 4.72 Å². The maximum Gasteiger partial charge on any atom is 0.280 e. The number of nitrogens with zero attached hydrogens (tertiary/aromatic N) is 1. The minimum Gasteiger partial charge on any atom is -0.368 e. The van der Waals surface area contributed by atoms with Crippen molar-refractivity contribution in [2.75, 3.05) is 26.7 Å². The Morgan fingerprint density at radius 3 is 2.79 bits per heavy atom. The summed E-state index contributed by atoms with van der Waals surface area (Å²) in [7, 11) is -2.27. The first kappa shape index (κ1) is 11.4. The summed E-state index contributed by atoms with van der Waals surface area (Å²) in [5, 5.41) is 2.91. The lowest BCUT2D eigenvalue weighted by Crippen LogP contribution is -2.60. The first-order valence-corrected chi connectivity index (χ1v) is 5.63. The second-order valence-corrected chi connectivity index (χ2v) is 4.77. The maximum atomic E-state index is 11.4. The number of nitrogens with one attached hydrogen (secondary N) is 2. The molecule has 1 aliphatic rings. The van der Waals surface area contributed by atoms with Gasteiger partial charge in [0.05, 0.1) is 0 Å². The molecule has 0 radical (unpaired) electrons. The van der Waals surface area contributed by atoms with Crippen molar-refractivity contribution in [3.63, 3.8) is 0 Å². The highest BCUT2D eigenvalue weighted by molar-refractivity contribution is 7.87. The van der Waals surface area contributed by atoms with Gasteiger partial charge in [-0.3, -0.25) is 4.79 Å². The van der Waals surface area contributed by atoms with Crippen molar-refractivity contribution in [2.45, 2.75) is 6.04 Å². The summed E-state index contributed by atoms with van der Waals surface area (Å²) >= 11 is 0. The Bertz CT molecular complexity index is 315. The molecule has 0 aliphatic carbocycles. The molecule has 1 rings (SSSR count). The topological polar surface area (TPSA) is 105 Å². The molecule has 4 N–H and O–H groups in total. The van der Waals surface area contributed by atoms with E-state index in [0.29, 0.717) is 6.54 Å². The van der Waals surface area contributed by atoms with Crippen molar-refractivity contribution in [2.24, 2.45) is 5.73 Å². The van der Waals surface area contributed by atoms with Gasteiger partial charge in [0, 0.05) is 26.7 Å². The molecule has 1 aliphatic heterocycles. The molecule has 82 valence electrons. The minimum absolute atomic E-state index is 0.247. The van der Waals surface area contributed by atoms with Crippen LogP contribution in [0.25, 0.3) is 0 Å². The van der Waals surface area contributed by atoms with Gasteiger partial charge in [-0.05, 0) is 0 Å². The third-order valence-corrected chi connectivity index (χ3v) is 3.66. The molecule has 0 bridgehead atoms. The van der Waals surface area contributed by atoms with Gasteiger partial charge in [-0.2, -0.15) is 12.7 Å². The number of rotatable bonds is 3. The smallest absolute Gasteiger partial charge is 0.280 e. The summed E-state index contributed by atoms with van der Waals surface area (Å²) in [6.07, 6.45) is 0. The molecule has 0 aromatic heterocycles. The molecule has 0 aromatic rings. The van der Waals surface area contributed by atoms with Crippen LogP contribution in [0, 0.1) is 0 Å². The standard InChI is InChI=1S/C6H14N4O3S/c1-8-14(12,13)10-3-2-9-4-5(10)6(7)11/h5,8-9H,2-4H2,1H3,(H2,7,11). The molecule has 8 heteroatoms. The van der Waals surface area contributed by atoms with E-state index in [0.717, 1.165) is 4.31 Å². The lowest BCUT2D eigenvalue weighted by molar-refractivity contribution is -0.122. The van der Waals surface area contributed by atoms with Crippen LogP contribution in [0.15, 0.2) is 0 Å². The third kappa shape index (κ3) is 2.21. The number of piperazine rings is 1.